The Morgan fingerprint density at radius 1 is 0.889 bits per heavy atom. The zero-order chi connectivity index (χ0) is 25.8. The fraction of sp³-hybridized carbons (Fsp3) is 0.438. The van der Waals surface area contributed by atoms with Gasteiger partial charge in [-0.15, -0.1) is 0 Å². The fourth-order valence-corrected chi connectivity index (χ4v) is 4.69. The summed E-state index contributed by atoms with van der Waals surface area (Å²) in [6.45, 7) is 10.7. The minimum absolute atomic E-state index is 0.171. The number of piperidine rings is 1. The van der Waals surface area contributed by atoms with Crippen LogP contribution in [0.15, 0.2) is 66.7 Å². The van der Waals surface area contributed by atoms with Gasteiger partial charge in [-0.1, -0.05) is 56.2 Å². The summed E-state index contributed by atoms with van der Waals surface area (Å²) in [6, 6.07) is 21.5. The van der Waals surface area contributed by atoms with Gasteiger partial charge in [0.05, 0.1) is 7.11 Å². The van der Waals surface area contributed by atoms with Crippen molar-refractivity contribution in [2.24, 2.45) is 0 Å². The maximum atomic E-state index is 12.1. The first kappa shape index (κ1) is 27.7. The molecular weight excluding hydrogens is 449 g/mol. The smallest absolute Gasteiger partial charge is 0.123 e. The molecule has 1 heterocycles. The minimum atomic E-state index is -0.171. The Bertz CT molecular complexity index is 1010. The standard InChI is InChI=1S/C25H35NO2.C7H7F/c1-4-22-19-24(27-3)12-13-25(22)20(2)18-21-8-10-23(11-9-21)28-17-16-26-14-6-5-7-15-26;1-6-2-4-7(8)5-3-6/h8-13,19-20H,4-7,14-18H2,1-3H3;2-5H,1H3. The molecule has 1 atom stereocenters. The molecule has 3 aromatic carbocycles. The minimum Gasteiger partial charge on any atom is -0.497 e. The average molecular weight is 492 g/mol. The number of rotatable bonds is 9. The molecule has 0 N–H and O–H groups in total. The van der Waals surface area contributed by atoms with Gasteiger partial charge in [0.1, 0.15) is 23.9 Å². The molecule has 1 fully saturated rings. The fourth-order valence-electron chi connectivity index (χ4n) is 4.69. The Morgan fingerprint density at radius 3 is 2.17 bits per heavy atom. The van der Waals surface area contributed by atoms with Gasteiger partial charge in [0.15, 0.2) is 0 Å². The van der Waals surface area contributed by atoms with Crippen molar-refractivity contribution < 1.29 is 13.9 Å². The number of hydrogen-bond acceptors (Lipinski definition) is 3. The second kappa shape index (κ2) is 14.6. The van der Waals surface area contributed by atoms with Gasteiger partial charge in [0, 0.05) is 6.54 Å². The monoisotopic (exact) mass is 491 g/mol. The Morgan fingerprint density at radius 2 is 1.56 bits per heavy atom. The van der Waals surface area contributed by atoms with Crippen LogP contribution in [0.3, 0.4) is 0 Å². The van der Waals surface area contributed by atoms with Crippen LogP contribution < -0.4 is 9.47 Å². The molecule has 0 aromatic heterocycles. The largest absolute Gasteiger partial charge is 0.497 e. The number of nitrogens with zero attached hydrogens (tertiary/aromatic N) is 1. The summed E-state index contributed by atoms with van der Waals surface area (Å²) in [4.78, 5) is 2.51. The first-order valence-corrected chi connectivity index (χ1v) is 13.3. The second-order valence-corrected chi connectivity index (χ2v) is 9.71. The van der Waals surface area contributed by atoms with Gasteiger partial charge in [0.25, 0.3) is 0 Å². The van der Waals surface area contributed by atoms with Gasteiger partial charge in [-0.3, -0.25) is 4.90 Å². The number of likely N-dealkylation sites (tertiary alicyclic amines) is 1. The predicted molar refractivity (Wildman–Crippen MR) is 148 cm³/mol. The summed E-state index contributed by atoms with van der Waals surface area (Å²) in [7, 11) is 1.73. The van der Waals surface area contributed by atoms with Crippen LogP contribution in [0.2, 0.25) is 0 Å². The number of methoxy groups -OCH3 is 1. The Labute approximate surface area is 217 Å². The molecule has 194 valence electrons. The number of ether oxygens (including phenoxy) is 2. The molecular formula is C32H42FNO2. The molecule has 1 aliphatic rings. The van der Waals surface area contributed by atoms with Crippen LogP contribution in [0.5, 0.6) is 11.5 Å². The van der Waals surface area contributed by atoms with Crippen molar-refractivity contribution in [1.82, 2.24) is 4.90 Å². The molecule has 4 heteroatoms. The molecule has 1 unspecified atom stereocenters. The van der Waals surface area contributed by atoms with Gasteiger partial charge >= 0.3 is 0 Å². The third kappa shape index (κ3) is 8.98. The highest BCUT2D eigenvalue weighted by molar-refractivity contribution is 5.39. The first-order chi connectivity index (χ1) is 17.5. The van der Waals surface area contributed by atoms with Crippen LogP contribution in [-0.4, -0.2) is 38.3 Å². The Kier molecular flexibility index (Phi) is 11.3. The van der Waals surface area contributed by atoms with Crippen LogP contribution >= 0.6 is 0 Å². The Hall–Kier alpha value is -2.85. The summed E-state index contributed by atoms with van der Waals surface area (Å²) in [5.74, 6) is 2.23. The maximum absolute atomic E-state index is 12.1. The third-order valence-electron chi connectivity index (χ3n) is 6.86. The lowest BCUT2D eigenvalue weighted by molar-refractivity contribution is 0.183. The molecule has 0 aliphatic carbocycles. The summed E-state index contributed by atoms with van der Waals surface area (Å²) in [5, 5.41) is 0. The second-order valence-electron chi connectivity index (χ2n) is 9.71. The number of benzene rings is 3. The quantitative estimate of drug-likeness (QED) is 0.308. The first-order valence-electron chi connectivity index (χ1n) is 13.3. The summed E-state index contributed by atoms with van der Waals surface area (Å²) >= 11 is 0. The van der Waals surface area contributed by atoms with E-state index in [1.165, 1.54) is 61.2 Å². The molecule has 0 saturated carbocycles. The van der Waals surface area contributed by atoms with Crippen LogP contribution in [0.4, 0.5) is 4.39 Å². The molecule has 0 amide bonds. The van der Waals surface area contributed by atoms with E-state index in [2.05, 4.69) is 61.2 Å². The van der Waals surface area contributed by atoms with Crippen molar-refractivity contribution in [1.29, 1.82) is 0 Å². The predicted octanol–water partition coefficient (Wildman–Crippen LogP) is 7.60. The average Bonchev–Trinajstić information content (AvgIpc) is 2.92. The summed E-state index contributed by atoms with van der Waals surface area (Å²) in [5.41, 5.74) is 5.25. The van der Waals surface area contributed by atoms with E-state index < -0.39 is 0 Å². The molecule has 4 rings (SSSR count). The van der Waals surface area contributed by atoms with E-state index >= 15 is 0 Å². The molecule has 36 heavy (non-hydrogen) atoms. The third-order valence-corrected chi connectivity index (χ3v) is 6.86. The lowest BCUT2D eigenvalue weighted by Crippen LogP contribution is -2.33. The molecule has 1 aliphatic heterocycles. The molecule has 1 saturated heterocycles. The Balaban J connectivity index is 0.000000383. The van der Waals surface area contributed by atoms with Crippen LogP contribution in [0, 0.1) is 12.7 Å². The SMILES string of the molecule is CCc1cc(OC)ccc1C(C)Cc1ccc(OCCN2CCCCC2)cc1.Cc1ccc(F)cc1. The van der Waals surface area contributed by atoms with Crippen molar-refractivity contribution >= 4 is 0 Å². The highest BCUT2D eigenvalue weighted by Gasteiger charge is 2.12. The van der Waals surface area contributed by atoms with Gasteiger partial charge < -0.3 is 9.47 Å². The van der Waals surface area contributed by atoms with Crippen molar-refractivity contribution in [3.8, 4) is 11.5 Å². The number of halogens is 1. The van der Waals surface area contributed by atoms with E-state index in [9.17, 15) is 4.39 Å². The topological polar surface area (TPSA) is 21.7 Å². The molecule has 0 radical (unpaired) electrons. The highest BCUT2D eigenvalue weighted by atomic mass is 19.1. The van der Waals surface area contributed by atoms with Crippen LogP contribution in [0.1, 0.15) is 61.3 Å². The van der Waals surface area contributed by atoms with Gasteiger partial charge in [-0.2, -0.15) is 0 Å². The van der Waals surface area contributed by atoms with Gasteiger partial charge in [0.2, 0.25) is 0 Å². The molecule has 0 bridgehead atoms. The molecule has 3 nitrogen and oxygen atoms in total. The van der Waals surface area contributed by atoms with Crippen molar-refractivity contribution in [3.63, 3.8) is 0 Å². The lowest BCUT2D eigenvalue weighted by Gasteiger charge is -2.26. The van der Waals surface area contributed by atoms with Crippen molar-refractivity contribution in [2.45, 2.75) is 58.8 Å². The van der Waals surface area contributed by atoms with Crippen LogP contribution in [-0.2, 0) is 12.8 Å². The zero-order valence-electron chi connectivity index (χ0n) is 22.4. The summed E-state index contributed by atoms with van der Waals surface area (Å²) in [6.07, 6.45) is 6.11. The highest BCUT2D eigenvalue weighted by Crippen LogP contribution is 2.28. The lowest BCUT2D eigenvalue weighted by atomic mass is 9.89. The molecule has 3 aromatic rings. The van der Waals surface area contributed by atoms with Crippen molar-refractivity contribution in [2.75, 3.05) is 33.4 Å². The van der Waals surface area contributed by atoms with E-state index in [1.807, 2.05) is 6.92 Å². The van der Waals surface area contributed by atoms with Gasteiger partial charge in [-0.25, -0.2) is 4.39 Å². The van der Waals surface area contributed by atoms with Gasteiger partial charge in [-0.05, 0) is 105 Å². The van der Waals surface area contributed by atoms with E-state index in [0.29, 0.717) is 5.92 Å². The molecule has 0 spiro atoms. The van der Waals surface area contributed by atoms with E-state index in [4.69, 9.17) is 9.47 Å². The summed E-state index contributed by atoms with van der Waals surface area (Å²) < 4.78 is 23.4. The zero-order valence-corrected chi connectivity index (χ0v) is 22.4. The normalized spacial score (nSPS) is 14.5. The van der Waals surface area contributed by atoms with E-state index in [0.717, 1.165) is 43.1 Å². The van der Waals surface area contributed by atoms with Crippen LogP contribution in [0.25, 0.3) is 0 Å². The maximum Gasteiger partial charge on any atom is 0.123 e. The van der Waals surface area contributed by atoms with E-state index in [1.54, 1.807) is 19.2 Å². The number of hydrogen-bond donors (Lipinski definition) is 0. The van der Waals surface area contributed by atoms with E-state index in [-0.39, 0.29) is 5.82 Å². The van der Waals surface area contributed by atoms with Crippen molar-refractivity contribution in [3.05, 3.63) is 94.8 Å². The number of aryl methyl sites for hydroxylation is 2.